The van der Waals surface area contributed by atoms with Crippen LogP contribution in [0.5, 0.6) is 0 Å². The monoisotopic (exact) mass is 488 g/mol. The van der Waals surface area contributed by atoms with Crippen molar-refractivity contribution in [1.29, 1.82) is 0 Å². The maximum absolute atomic E-state index is 13.2. The highest BCUT2D eigenvalue weighted by atomic mass is 16.2. The van der Waals surface area contributed by atoms with Crippen molar-refractivity contribution in [3.05, 3.63) is 65.0 Å². The first kappa shape index (κ1) is 24.9. The number of amides is 2. The van der Waals surface area contributed by atoms with E-state index in [1.165, 1.54) is 24.8 Å². The molecular formula is C30H40N4O2. The molecule has 2 amide bonds. The van der Waals surface area contributed by atoms with E-state index in [1.807, 2.05) is 30.9 Å². The summed E-state index contributed by atoms with van der Waals surface area (Å²) in [7, 11) is 0. The Hall–Kier alpha value is -2.73. The van der Waals surface area contributed by atoms with Crippen LogP contribution in [0.15, 0.2) is 42.6 Å². The number of aryl methyl sites for hydroxylation is 2. The number of fused-ring (bicyclic) bond motifs is 1. The molecule has 36 heavy (non-hydrogen) atoms. The van der Waals surface area contributed by atoms with Crippen LogP contribution in [0.1, 0.15) is 71.7 Å². The second kappa shape index (κ2) is 11.1. The molecule has 192 valence electrons. The smallest absolute Gasteiger partial charge is 0.255 e. The van der Waals surface area contributed by atoms with Crippen LogP contribution in [0.2, 0.25) is 0 Å². The van der Waals surface area contributed by atoms with Crippen molar-refractivity contribution < 1.29 is 9.59 Å². The second-order valence-electron chi connectivity index (χ2n) is 11.2. The minimum absolute atomic E-state index is 0.0516. The summed E-state index contributed by atoms with van der Waals surface area (Å²) < 4.78 is 0. The van der Waals surface area contributed by atoms with Crippen molar-refractivity contribution in [3.8, 4) is 0 Å². The van der Waals surface area contributed by atoms with Crippen LogP contribution in [0.4, 0.5) is 0 Å². The molecule has 5 rings (SSSR count). The lowest BCUT2D eigenvalue weighted by atomic mass is 9.88. The van der Waals surface area contributed by atoms with Gasteiger partial charge in [-0.25, -0.2) is 0 Å². The fourth-order valence-electron chi connectivity index (χ4n) is 6.59. The zero-order valence-corrected chi connectivity index (χ0v) is 21.8. The first-order chi connectivity index (χ1) is 17.5. The largest absolute Gasteiger partial charge is 0.349 e. The van der Waals surface area contributed by atoms with Gasteiger partial charge < -0.3 is 15.1 Å². The Morgan fingerprint density at radius 2 is 1.67 bits per heavy atom. The van der Waals surface area contributed by atoms with E-state index in [1.54, 1.807) is 6.20 Å². The van der Waals surface area contributed by atoms with Gasteiger partial charge in [0.15, 0.2) is 0 Å². The van der Waals surface area contributed by atoms with E-state index in [-0.39, 0.29) is 23.8 Å². The third kappa shape index (κ3) is 5.49. The molecule has 1 aromatic carbocycles. The molecule has 3 atom stereocenters. The summed E-state index contributed by atoms with van der Waals surface area (Å²) in [6.07, 6.45) is 8.34. The van der Waals surface area contributed by atoms with E-state index in [0.717, 1.165) is 68.8 Å². The number of pyridine rings is 1. The lowest BCUT2D eigenvalue weighted by molar-refractivity contribution is -0.126. The van der Waals surface area contributed by atoms with Gasteiger partial charge in [-0.2, -0.15) is 0 Å². The first-order valence-corrected chi connectivity index (χ1v) is 13.8. The Labute approximate surface area is 215 Å². The number of aromatic nitrogens is 1. The molecular weight excluding hydrogens is 448 g/mol. The van der Waals surface area contributed by atoms with Crippen molar-refractivity contribution in [2.75, 3.05) is 32.7 Å². The van der Waals surface area contributed by atoms with Crippen molar-refractivity contribution in [3.63, 3.8) is 0 Å². The zero-order valence-electron chi connectivity index (χ0n) is 21.8. The predicted molar refractivity (Wildman–Crippen MR) is 142 cm³/mol. The van der Waals surface area contributed by atoms with Crippen molar-refractivity contribution in [1.82, 2.24) is 20.1 Å². The van der Waals surface area contributed by atoms with Crippen molar-refractivity contribution in [2.45, 2.75) is 58.4 Å². The third-order valence-corrected chi connectivity index (χ3v) is 8.64. The molecule has 0 bridgehead atoms. The average Bonchev–Trinajstić information content (AvgIpc) is 3.46. The van der Waals surface area contributed by atoms with Crippen LogP contribution in [0.25, 0.3) is 0 Å². The second-order valence-corrected chi connectivity index (χ2v) is 11.2. The van der Waals surface area contributed by atoms with Gasteiger partial charge in [-0.3, -0.25) is 14.6 Å². The average molecular weight is 489 g/mol. The minimum atomic E-state index is 0.0516. The summed E-state index contributed by atoms with van der Waals surface area (Å²) in [6.45, 7) is 8.59. The Morgan fingerprint density at radius 3 is 2.33 bits per heavy atom. The number of carbonyl (C=O) groups is 2. The molecule has 0 spiro atoms. The normalized spacial score (nSPS) is 23.4. The first-order valence-electron chi connectivity index (χ1n) is 13.8. The number of rotatable bonds is 7. The number of likely N-dealkylation sites (tertiary alicyclic amines) is 2. The lowest BCUT2D eigenvalue weighted by Gasteiger charge is -2.27. The molecule has 1 N–H and O–H groups in total. The molecule has 6 nitrogen and oxygen atoms in total. The van der Waals surface area contributed by atoms with Crippen LogP contribution >= 0.6 is 0 Å². The molecule has 3 heterocycles. The molecule has 1 saturated carbocycles. The van der Waals surface area contributed by atoms with E-state index >= 15 is 0 Å². The highest BCUT2D eigenvalue weighted by molar-refractivity contribution is 5.96. The molecule has 0 radical (unpaired) electrons. The zero-order chi connectivity index (χ0) is 25.1. The highest BCUT2D eigenvalue weighted by Gasteiger charge is 2.42. The van der Waals surface area contributed by atoms with Crippen molar-refractivity contribution in [2.24, 2.45) is 17.8 Å². The van der Waals surface area contributed by atoms with Gasteiger partial charge in [0, 0.05) is 44.8 Å². The maximum Gasteiger partial charge on any atom is 0.255 e. The fourth-order valence-corrected chi connectivity index (χ4v) is 6.59. The molecule has 1 aliphatic carbocycles. The van der Waals surface area contributed by atoms with Crippen LogP contribution in [0, 0.1) is 31.6 Å². The maximum atomic E-state index is 13.2. The van der Waals surface area contributed by atoms with Gasteiger partial charge in [0.1, 0.15) is 0 Å². The molecule has 2 saturated heterocycles. The topological polar surface area (TPSA) is 65.5 Å². The van der Waals surface area contributed by atoms with E-state index in [4.69, 9.17) is 0 Å². The summed E-state index contributed by atoms with van der Waals surface area (Å²) in [6, 6.07) is 12.4. The number of nitrogens with one attached hydrogen (secondary N) is 1. The molecule has 1 aromatic heterocycles. The molecule has 3 aliphatic rings. The quantitative estimate of drug-likeness (QED) is 0.622. The van der Waals surface area contributed by atoms with E-state index in [9.17, 15) is 9.59 Å². The van der Waals surface area contributed by atoms with Gasteiger partial charge in [-0.05, 0) is 62.1 Å². The van der Waals surface area contributed by atoms with E-state index in [2.05, 4.69) is 39.5 Å². The van der Waals surface area contributed by atoms with Crippen LogP contribution in [-0.2, 0) is 4.79 Å². The minimum Gasteiger partial charge on any atom is -0.349 e. The van der Waals surface area contributed by atoms with Gasteiger partial charge in [-0.1, -0.05) is 49.6 Å². The highest BCUT2D eigenvalue weighted by Crippen LogP contribution is 2.33. The molecule has 2 aliphatic heterocycles. The summed E-state index contributed by atoms with van der Waals surface area (Å²) in [5.41, 5.74) is 3.79. The van der Waals surface area contributed by atoms with Gasteiger partial charge in [0.2, 0.25) is 5.91 Å². The van der Waals surface area contributed by atoms with Crippen LogP contribution in [-0.4, -0.2) is 59.3 Å². The standard InChI is InChI=1S/C30H40N4O2/c1-21-13-15-31-22(2)28(21)30(36)34-19-25-17-33(18-26(25)20-34)16-14-27(23-9-5-3-6-10-23)32-29(35)24-11-7-4-8-12-24/h3,5-6,9-10,13,15,24-27H,4,7-8,11-12,14,16-20H2,1-2H3,(H,32,35)/t25?,26?,27-/m0/s1. The number of hydrogen-bond donors (Lipinski definition) is 1. The van der Waals surface area contributed by atoms with E-state index in [0.29, 0.717) is 11.8 Å². The Bertz CT molecular complexity index is 1030. The third-order valence-electron chi connectivity index (χ3n) is 8.64. The summed E-state index contributed by atoms with van der Waals surface area (Å²) >= 11 is 0. The number of benzene rings is 1. The van der Waals surface area contributed by atoms with Crippen LogP contribution < -0.4 is 5.32 Å². The predicted octanol–water partition coefficient (Wildman–Crippen LogP) is 4.53. The fraction of sp³-hybridized carbons (Fsp3) is 0.567. The van der Waals surface area contributed by atoms with Gasteiger partial charge in [-0.15, -0.1) is 0 Å². The SMILES string of the molecule is Cc1ccnc(C)c1C(=O)N1CC2CN(CC[C@H](NC(=O)C3CCCCC3)c3ccccc3)CC2C1. The number of hydrogen-bond acceptors (Lipinski definition) is 4. The van der Waals surface area contributed by atoms with Gasteiger partial charge >= 0.3 is 0 Å². The van der Waals surface area contributed by atoms with Gasteiger partial charge in [0.05, 0.1) is 17.3 Å². The molecule has 3 fully saturated rings. The summed E-state index contributed by atoms with van der Waals surface area (Å²) in [4.78, 5) is 35.2. The molecule has 6 heteroatoms. The summed E-state index contributed by atoms with van der Waals surface area (Å²) in [5.74, 6) is 1.59. The van der Waals surface area contributed by atoms with E-state index < -0.39 is 0 Å². The molecule has 2 aromatic rings. The van der Waals surface area contributed by atoms with Crippen LogP contribution in [0.3, 0.4) is 0 Å². The number of carbonyl (C=O) groups excluding carboxylic acids is 2. The van der Waals surface area contributed by atoms with Crippen molar-refractivity contribution >= 4 is 11.8 Å². The Kier molecular flexibility index (Phi) is 7.70. The summed E-state index contributed by atoms with van der Waals surface area (Å²) in [5, 5.41) is 3.40. The Morgan fingerprint density at radius 1 is 0.972 bits per heavy atom. The van der Waals surface area contributed by atoms with Gasteiger partial charge in [0.25, 0.3) is 5.91 Å². The molecule has 2 unspecified atom stereocenters. The lowest BCUT2D eigenvalue weighted by Crippen LogP contribution is -2.37. The number of nitrogens with zero attached hydrogens (tertiary/aromatic N) is 3. The Balaban J connectivity index is 1.16.